The number of amides is 2. The van der Waals surface area contributed by atoms with Crippen LogP contribution in [0.4, 0.5) is 0 Å². The fourth-order valence-corrected chi connectivity index (χ4v) is 4.89. The van der Waals surface area contributed by atoms with E-state index in [9.17, 15) is 9.59 Å². The summed E-state index contributed by atoms with van der Waals surface area (Å²) in [6.45, 7) is 0.407. The lowest BCUT2D eigenvalue weighted by molar-refractivity contribution is -0.122. The summed E-state index contributed by atoms with van der Waals surface area (Å²) in [6, 6.07) is 25.8. The molecule has 2 heterocycles. The minimum absolute atomic E-state index is 0.124. The zero-order valence-electron chi connectivity index (χ0n) is 22.3. The lowest BCUT2D eigenvalue weighted by Crippen LogP contribution is -2.38. The number of benzene rings is 3. The summed E-state index contributed by atoms with van der Waals surface area (Å²) >= 11 is 0. The van der Waals surface area contributed by atoms with Gasteiger partial charge in [0.05, 0.1) is 26.2 Å². The van der Waals surface area contributed by atoms with E-state index in [0.717, 1.165) is 40.0 Å². The number of carbonyl (C=O) groups is 2. The van der Waals surface area contributed by atoms with Crippen molar-refractivity contribution < 1.29 is 14.3 Å². The Labute approximate surface area is 232 Å². The predicted octanol–water partition coefficient (Wildman–Crippen LogP) is 3.75. The summed E-state index contributed by atoms with van der Waals surface area (Å²) < 4.78 is 7.43. The molecule has 5 rings (SSSR count). The van der Waals surface area contributed by atoms with Crippen LogP contribution in [0.2, 0.25) is 0 Å². The highest BCUT2D eigenvalue weighted by Crippen LogP contribution is 2.26. The molecule has 0 saturated carbocycles. The molecule has 9 nitrogen and oxygen atoms in total. The second kappa shape index (κ2) is 12.8. The minimum Gasteiger partial charge on any atom is -0.497 e. The van der Waals surface area contributed by atoms with Gasteiger partial charge in [0.15, 0.2) is 5.82 Å². The van der Waals surface area contributed by atoms with E-state index in [1.165, 1.54) is 5.56 Å². The number of nitrogens with one attached hydrogen (secondary N) is 3. The quantitative estimate of drug-likeness (QED) is 0.198. The molecule has 40 heavy (non-hydrogen) atoms. The summed E-state index contributed by atoms with van der Waals surface area (Å²) in [6.07, 6.45) is 4.48. The Morgan fingerprint density at radius 3 is 2.52 bits per heavy atom. The first-order valence-corrected chi connectivity index (χ1v) is 13.2. The monoisotopic (exact) mass is 536 g/mol. The maximum Gasteiger partial charge on any atom is 0.239 e. The summed E-state index contributed by atoms with van der Waals surface area (Å²) in [4.78, 5) is 27.0. The van der Waals surface area contributed by atoms with Gasteiger partial charge in [-0.15, -0.1) is 10.2 Å². The van der Waals surface area contributed by atoms with Gasteiger partial charge in [-0.2, -0.15) is 0 Å². The maximum atomic E-state index is 12.8. The van der Waals surface area contributed by atoms with Crippen molar-refractivity contribution in [2.24, 2.45) is 0 Å². The van der Waals surface area contributed by atoms with Gasteiger partial charge in [0.2, 0.25) is 12.3 Å². The summed E-state index contributed by atoms with van der Waals surface area (Å²) in [5.41, 5.74) is 4.34. The first-order valence-electron chi connectivity index (χ1n) is 13.2. The fraction of sp³-hybridized carbons (Fsp3) is 0.226. The minimum atomic E-state index is -0.476. The molecule has 5 aromatic rings. The van der Waals surface area contributed by atoms with Crippen molar-refractivity contribution in [3.63, 3.8) is 0 Å². The number of ether oxygens (including phenoxy) is 1. The van der Waals surface area contributed by atoms with Crippen LogP contribution in [0.25, 0.3) is 10.9 Å². The molecule has 0 saturated heterocycles. The standard InChI is InChI=1S/C31H32N6O3/c1-40-25-14-11-23(12-15-25)20-37-29(16-13-22-7-3-2-4-8-22)35-36-31(37)28(34-30(39)19-32-21-38)17-24-18-33-27-10-6-5-9-26(24)27/h2-12,14-15,18,21,28,33H,13,16-17,19-20H2,1H3,(H,32,38)(H,34,39)/t28-/m1/s1. The van der Waals surface area contributed by atoms with Crippen LogP contribution < -0.4 is 15.4 Å². The Morgan fingerprint density at radius 2 is 1.75 bits per heavy atom. The number of aryl methyl sites for hydroxylation is 2. The molecular formula is C31H32N6O3. The Hall–Kier alpha value is -4.92. The number of nitrogens with zero attached hydrogens (tertiary/aromatic N) is 3. The van der Waals surface area contributed by atoms with Crippen molar-refractivity contribution in [2.45, 2.75) is 31.8 Å². The lowest BCUT2D eigenvalue weighted by atomic mass is 10.0. The Morgan fingerprint density at radius 1 is 0.975 bits per heavy atom. The van der Waals surface area contributed by atoms with Crippen LogP contribution in [0, 0.1) is 0 Å². The van der Waals surface area contributed by atoms with E-state index in [0.29, 0.717) is 31.6 Å². The number of rotatable bonds is 13. The zero-order chi connectivity index (χ0) is 27.7. The molecule has 2 aromatic heterocycles. The van der Waals surface area contributed by atoms with Crippen LogP contribution in [0.5, 0.6) is 5.75 Å². The van der Waals surface area contributed by atoms with E-state index in [4.69, 9.17) is 4.74 Å². The number of fused-ring (bicyclic) bond motifs is 1. The van der Waals surface area contributed by atoms with Crippen molar-refractivity contribution in [3.05, 3.63) is 113 Å². The molecule has 0 aliphatic carbocycles. The number of aromatic amines is 1. The van der Waals surface area contributed by atoms with Crippen molar-refractivity contribution in [2.75, 3.05) is 13.7 Å². The number of para-hydroxylation sites is 1. The van der Waals surface area contributed by atoms with E-state index in [1.54, 1.807) is 7.11 Å². The summed E-state index contributed by atoms with van der Waals surface area (Å²) in [5.74, 6) is 1.97. The van der Waals surface area contributed by atoms with Gasteiger partial charge >= 0.3 is 0 Å². The molecule has 0 radical (unpaired) electrons. The van der Waals surface area contributed by atoms with Gasteiger partial charge < -0.3 is 24.9 Å². The highest BCUT2D eigenvalue weighted by Gasteiger charge is 2.25. The maximum absolute atomic E-state index is 12.8. The van der Waals surface area contributed by atoms with Gasteiger partial charge in [-0.3, -0.25) is 9.59 Å². The van der Waals surface area contributed by atoms with E-state index in [-0.39, 0.29) is 12.5 Å². The summed E-state index contributed by atoms with van der Waals surface area (Å²) in [5, 5.41) is 15.8. The molecule has 0 bridgehead atoms. The molecule has 0 spiro atoms. The first kappa shape index (κ1) is 26.7. The SMILES string of the molecule is COc1ccc(Cn2c(CCc3ccccc3)nnc2[C@@H](Cc2c[nH]c3ccccc23)NC(=O)CNC=O)cc1. The molecular weight excluding hydrogens is 504 g/mol. The molecule has 3 N–H and O–H groups in total. The average molecular weight is 537 g/mol. The van der Waals surface area contributed by atoms with Crippen LogP contribution in [-0.2, 0) is 35.4 Å². The Kier molecular flexibility index (Phi) is 8.50. The van der Waals surface area contributed by atoms with Gasteiger partial charge in [0, 0.05) is 29.9 Å². The number of methoxy groups -OCH3 is 1. The predicted molar refractivity (Wildman–Crippen MR) is 153 cm³/mol. The average Bonchev–Trinajstić information content (AvgIpc) is 3.59. The molecule has 0 aliphatic heterocycles. The van der Waals surface area contributed by atoms with E-state index in [2.05, 4.69) is 48.6 Å². The largest absolute Gasteiger partial charge is 0.497 e. The Balaban J connectivity index is 1.50. The number of aromatic nitrogens is 4. The molecule has 9 heteroatoms. The van der Waals surface area contributed by atoms with Crippen molar-refractivity contribution in [3.8, 4) is 5.75 Å². The second-order valence-corrected chi connectivity index (χ2v) is 9.58. The molecule has 0 unspecified atom stereocenters. The van der Waals surface area contributed by atoms with Gasteiger partial charge in [-0.1, -0.05) is 60.7 Å². The van der Waals surface area contributed by atoms with Gasteiger partial charge in [0.25, 0.3) is 0 Å². The van der Waals surface area contributed by atoms with Crippen LogP contribution in [0.1, 0.15) is 34.4 Å². The number of H-pyrrole nitrogens is 1. The third kappa shape index (κ3) is 6.37. The molecule has 0 fully saturated rings. The smallest absolute Gasteiger partial charge is 0.239 e. The first-order chi connectivity index (χ1) is 19.6. The molecule has 204 valence electrons. The van der Waals surface area contributed by atoms with Crippen LogP contribution in [0.3, 0.4) is 0 Å². The fourth-order valence-electron chi connectivity index (χ4n) is 4.89. The van der Waals surface area contributed by atoms with Gasteiger partial charge in [-0.25, -0.2) is 0 Å². The number of hydrogen-bond acceptors (Lipinski definition) is 5. The third-order valence-corrected chi connectivity index (χ3v) is 6.93. The molecule has 0 aliphatic rings. The molecule has 1 atom stereocenters. The van der Waals surface area contributed by atoms with Gasteiger partial charge in [-0.05, 0) is 41.3 Å². The van der Waals surface area contributed by atoms with Crippen molar-refractivity contribution >= 4 is 23.2 Å². The van der Waals surface area contributed by atoms with E-state index in [1.807, 2.05) is 66.9 Å². The third-order valence-electron chi connectivity index (χ3n) is 6.93. The second-order valence-electron chi connectivity index (χ2n) is 9.58. The Bertz CT molecular complexity index is 1560. The normalized spacial score (nSPS) is 11.7. The topological polar surface area (TPSA) is 114 Å². The summed E-state index contributed by atoms with van der Waals surface area (Å²) in [7, 11) is 1.64. The molecule has 2 amide bonds. The lowest BCUT2D eigenvalue weighted by Gasteiger charge is -2.20. The number of hydrogen-bond donors (Lipinski definition) is 3. The van der Waals surface area contributed by atoms with Crippen molar-refractivity contribution in [1.82, 2.24) is 30.4 Å². The van der Waals surface area contributed by atoms with E-state index < -0.39 is 6.04 Å². The zero-order valence-corrected chi connectivity index (χ0v) is 22.3. The number of carbonyl (C=O) groups excluding carboxylic acids is 2. The van der Waals surface area contributed by atoms with Crippen LogP contribution in [0.15, 0.2) is 85.1 Å². The van der Waals surface area contributed by atoms with E-state index >= 15 is 0 Å². The molecule has 3 aromatic carbocycles. The van der Waals surface area contributed by atoms with Crippen molar-refractivity contribution in [1.29, 1.82) is 0 Å². The highest BCUT2D eigenvalue weighted by molar-refractivity contribution is 5.83. The van der Waals surface area contributed by atoms with Gasteiger partial charge in [0.1, 0.15) is 11.6 Å². The highest BCUT2D eigenvalue weighted by atomic mass is 16.5. The van der Waals surface area contributed by atoms with Crippen LogP contribution >= 0.6 is 0 Å². The van der Waals surface area contributed by atoms with Crippen LogP contribution in [-0.4, -0.2) is 45.7 Å².